The van der Waals surface area contributed by atoms with Crippen LogP contribution in [0.15, 0.2) is 120 Å². The van der Waals surface area contributed by atoms with Crippen LogP contribution in [0, 0.1) is 0 Å². The molecule has 202 valence electrons. The Balaban J connectivity index is 1.33. The highest BCUT2D eigenvalue weighted by molar-refractivity contribution is 7.99. The standard InChI is InChI=1S/C33H33ClO4S/c34-28-16-18-29(19-17-28)39-32-20-30(36-22-26-12-6-2-7-13-26)33(37-23-27-14-8-3-9-15-27)31(38-32)24-35-21-25-10-4-1-5-11-25/h1-19,30-33H,20-24H2/t30-,31-,32-,33+/m1/s1. The Morgan fingerprint density at radius 3 is 1.79 bits per heavy atom. The van der Waals surface area contributed by atoms with Gasteiger partial charge in [-0.05, 0) is 41.0 Å². The van der Waals surface area contributed by atoms with E-state index < -0.39 is 0 Å². The van der Waals surface area contributed by atoms with E-state index in [4.69, 9.17) is 30.5 Å². The lowest BCUT2D eigenvalue weighted by Crippen LogP contribution is -2.51. The first kappa shape index (κ1) is 27.9. The molecular formula is C33H33ClO4S. The Kier molecular flexibility index (Phi) is 10.5. The molecule has 6 heteroatoms. The molecule has 0 aliphatic carbocycles. The fourth-order valence-electron chi connectivity index (χ4n) is 4.55. The van der Waals surface area contributed by atoms with Crippen molar-refractivity contribution in [3.63, 3.8) is 0 Å². The van der Waals surface area contributed by atoms with E-state index in [2.05, 4.69) is 36.4 Å². The zero-order valence-electron chi connectivity index (χ0n) is 21.7. The lowest BCUT2D eigenvalue weighted by Gasteiger charge is -2.41. The molecule has 0 spiro atoms. The fraction of sp³-hybridized carbons (Fsp3) is 0.273. The molecule has 1 saturated heterocycles. The number of benzene rings is 4. The normalized spacial score (nSPS) is 21.1. The van der Waals surface area contributed by atoms with E-state index in [1.54, 1.807) is 11.8 Å². The van der Waals surface area contributed by atoms with E-state index in [1.807, 2.05) is 78.9 Å². The Morgan fingerprint density at radius 2 is 1.21 bits per heavy atom. The third kappa shape index (κ3) is 8.67. The second-order valence-electron chi connectivity index (χ2n) is 9.51. The van der Waals surface area contributed by atoms with Gasteiger partial charge in [-0.25, -0.2) is 0 Å². The van der Waals surface area contributed by atoms with Gasteiger partial charge in [-0.15, -0.1) is 0 Å². The van der Waals surface area contributed by atoms with Gasteiger partial charge < -0.3 is 18.9 Å². The maximum atomic E-state index is 6.64. The molecule has 0 bridgehead atoms. The molecule has 0 saturated carbocycles. The molecule has 0 N–H and O–H groups in total. The quantitative estimate of drug-likeness (QED) is 0.176. The van der Waals surface area contributed by atoms with E-state index >= 15 is 0 Å². The minimum atomic E-state index is -0.295. The van der Waals surface area contributed by atoms with Gasteiger partial charge in [0, 0.05) is 16.3 Å². The average Bonchev–Trinajstić information content (AvgIpc) is 2.98. The summed E-state index contributed by atoms with van der Waals surface area (Å²) in [5.41, 5.74) is 3.25. The number of hydrogen-bond donors (Lipinski definition) is 0. The van der Waals surface area contributed by atoms with Crippen molar-refractivity contribution in [3.05, 3.63) is 137 Å². The minimum absolute atomic E-state index is 0.117. The fourth-order valence-corrected chi connectivity index (χ4v) is 5.76. The lowest BCUT2D eigenvalue weighted by molar-refractivity contribution is -0.204. The van der Waals surface area contributed by atoms with E-state index in [1.165, 1.54) is 0 Å². The van der Waals surface area contributed by atoms with Crippen LogP contribution in [0.3, 0.4) is 0 Å². The summed E-state index contributed by atoms with van der Waals surface area (Å²) in [6.07, 6.45) is -0.0595. The van der Waals surface area contributed by atoms with Crippen LogP contribution in [-0.4, -0.2) is 30.4 Å². The highest BCUT2D eigenvalue weighted by Crippen LogP contribution is 2.36. The molecule has 5 rings (SSSR count). The van der Waals surface area contributed by atoms with E-state index in [-0.39, 0.29) is 23.7 Å². The predicted octanol–water partition coefficient (Wildman–Crippen LogP) is 7.93. The van der Waals surface area contributed by atoms with Gasteiger partial charge in [0.25, 0.3) is 0 Å². The minimum Gasteiger partial charge on any atom is -0.374 e. The summed E-state index contributed by atoms with van der Waals surface area (Å²) in [7, 11) is 0. The largest absolute Gasteiger partial charge is 0.374 e. The Labute approximate surface area is 240 Å². The molecule has 0 radical (unpaired) electrons. The molecule has 39 heavy (non-hydrogen) atoms. The first-order chi connectivity index (χ1) is 19.2. The summed E-state index contributed by atoms with van der Waals surface area (Å²) in [6, 6.07) is 38.5. The number of ether oxygens (including phenoxy) is 4. The van der Waals surface area contributed by atoms with Gasteiger partial charge in [0.1, 0.15) is 17.6 Å². The number of thioether (sulfide) groups is 1. The number of rotatable bonds is 12. The molecule has 0 unspecified atom stereocenters. The molecular weight excluding hydrogens is 528 g/mol. The summed E-state index contributed by atoms with van der Waals surface area (Å²) < 4.78 is 25.9. The smallest absolute Gasteiger partial charge is 0.113 e. The second-order valence-corrected chi connectivity index (χ2v) is 11.2. The zero-order chi connectivity index (χ0) is 26.7. The molecule has 0 aromatic heterocycles. The first-order valence-electron chi connectivity index (χ1n) is 13.2. The summed E-state index contributed by atoms with van der Waals surface area (Å²) in [5.74, 6) is 0. The maximum absolute atomic E-state index is 6.64. The lowest BCUT2D eigenvalue weighted by atomic mass is 10.0. The second kappa shape index (κ2) is 14.7. The van der Waals surface area contributed by atoms with Crippen molar-refractivity contribution < 1.29 is 18.9 Å². The van der Waals surface area contributed by atoms with Gasteiger partial charge in [-0.2, -0.15) is 0 Å². The van der Waals surface area contributed by atoms with Crippen molar-refractivity contribution in [2.75, 3.05) is 6.61 Å². The van der Waals surface area contributed by atoms with Crippen LogP contribution in [0.2, 0.25) is 5.02 Å². The van der Waals surface area contributed by atoms with Gasteiger partial charge in [0.15, 0.2) is 0 Å². The molecule has 4 aromatic carbocycles. The summed E-state index contributed by atoms with van der Waals surface area (Å²) in [5, 5.41) is 0.717. The summed E-state index contributed by atoms with van der Waals surface area (Å²) in [4.78, 5) is 1.10. The molecule has 1 heterocycles. The van der Waals surface area contributed by atoms with Gasteiger partial charge in [0.2, 0.25) is 0 Å². The van der Waals surface area contributed by atoms with Crippen LogP contribution < -0.4 is 0 Å². The third-order valence-electron chi connectivity index (χ3n) is 6.55. The van der Waals surface area contributed by atoms with Crippen LogP contribution in [0.4, 0.5) is 0 Å². The monoisotopic (exact) mass is 560 g/mol. The number of hydrogen-bond acceptors (Lipinski definition) is 5. The topological polar surface area (TPSA) is 36.9 Å². The van der Waals surface area contributed by atoms with E-state index in [9.17, 15) is 0 Å². The molecule has 4 aromatic rings. The maximum Gasteiger partial charge on any atom is 0.113 e. The molecule has 4 atom stereocenters. The number of halogens is 1. The summed E-state index contributed by atoms with van der Waals surface area (Å²) in [6.45, 7) is 1.89. The zero-order valence-corrected chi connectivity index (χ0v) is 23.3. The van der Waals surface area contributed by atoms with Crippen LogP contribution in [-0.2, 0) is 38.8 Å². The van der Waals surface area contributed by atoms with Crippen molar-refractivity contribution in [1.82, 2.24) is 0 Å². The molecule has 4 nitrogen and oxygen atoms in total. The van der Waals surface area contributed by atoms with Gasteiger partial charge in [0.05, 0.1) is 32.5 Å². The SMILES string of the molecule is Clc1ccc(S[C@@H]2C[C@@H](OCc3ccccc3)[C@H](OCc3ccccc3)[C@@H](COCc3ccccc3)O2)cc1. The van der Waals surface area contributed by atoms with Crippen molar-refractivity contribution in [2.45, 2.75) is 54.9 Å². The van der Waals surface area contributed by atoms with Crippen LogP contribution in [0.25, 0.3) is 0 Å². The van der Waals surface area contributed by atoms with Gasteiger partial charge in [-0.1, -0.05) is 114 Å². The van der Waals surface area contributed by atoms with Crippen LogP contribution in [0.1, 0.15) is 23.1 Å². The van der Waals surface area contributed by atoms with Gasteiger partial charge >= 0.3 is 0 Å². The van der Waals surface area contributed by atoms with Crippen LogP contribution in [0.5, 0.6) is 0 Å². The first-order valence-corrected chi connectivity index (χ1v) is 14.5. The molecule has 1 fully saturated rings. The highest BCUT2D eigenvalue weighted by atomic mass is 35.5. The average molecular weight is 561 g/mol. The summed E-state index contributed by atoms with van der Waals surface area (Å²) >= 11 is 7.80. The van der Waals surface area contributed by atoms with Crippen molar-refractivity contribution in [3.8, 4) is 0 Å². The van der Waals surface area contributed by atoms with E-state index in [0.717, 1.165) is 26.6 Å². The van der Waals surface area contributed by atoms with Crippen molar-refractivity contribution >= 4 is 23.4 Å². The molecule has 1 aliphatic heterocycles. The van der Waals surface area contributed by atoms with E-state index in [0.29, 0.717) is 32.8 Å². The predicted molar refractivity (Wildman–Crippen MR) is 157 cm³/mol. The van der Waals surface area contributed by atoms with Crippen LogP contribution >= 0.6 is 23.4 Å². The van der Waals surface area contributed by atoms with Gasteiger partial charge in [-0.3, -0.25) is 0 Å². The Morgan fingerprint density at radius 1 is 0.667 bits per heavy atom. The molecule has 1 aliphatic rings. The Hall–Kier alpha value is -2.64. The van der Waals surface area contributed by atoms with Crippen molar-refractivity contribution in [2.24, 2.45) is 0 Å². The van der Waals surface area contributed by atoms with Crippen molar-refractivity contribution in [1.29, 1.82) is 0 Å². The Bertz CT molecular complexity index is 1240. The molecule has 0 amide bonds. The third-order valence-corrected chi connectivity index (χ3v) is 7.91. The highest BCUT2D eigenvalue weighted by Gasteiger charge is 2.41.